The number of β-amino-alcohol motifs (C(OH)–C–C–N with tert-alkyl or cyclic N) is 1. The lowest BCUT2D eigenvalue weighted by Crippen LogP contribution is -2.55. The van der Waals surface area contributed by atoms with Crippen LogP contribution in [0.15, 0.2) is 54.6 Å². The Bertz CT molecular complexity index is 670. The summed E-state index contributed by atoms with van der Waals surface area (Å²) < 4.78 is 0. The molecule has 0 radical (unpaired) electrons. The molecule has 4 atom stereocenters. The van der Waals surface area contributed by atoms with E-state index in [0.29, 0.717) is 12.6 Å². The molecule has 2 bridgehead atoms. The maximum Gasteiger partial charge on any atom is 0.0720 e. The first-order chi connectivity index (χ1) is 11.7. The van der Waals surface area contributed by atoms with Crippen molar-refractivity contribution in [3.05, 3.63) is 60.2 Å². The summed E-state index contributed by atoms with van der Waals surface area (Å²) in [6.07, 6.45) is 2.05. The predicted molar refractivity (Wildman–Crippen MR) is 95.4 cm³/mol. The number of aliphatic hydroxyl groups is 2. The standard InChI is InChI=1S/C21H25NO2/c23-20-11-10-18-12-19(20)21(24)14-22(18)13-15-6-8-17(9-7-15)16-4-2-1-3-5-16/h1-9,18-21,23-24H,10-14H2/t18-,19-,20-,21+/m1/s1. The highest BCUT2D eigenvalue weighted by Crippen LogP contribution is 2.36. The molecule has 1 aliphatic carbocycles. The highest BCUT2D eigenvalue weighted by Gasteiger charge is 2.41. The largest absolute Gasteiger partial charge is 0.393 e. The van der Waals surface area contributed by atoms with Crippen LogP contribution in [0, 0.1) is 5.92 Å². The molecule has 24 heavy (non-hydrogen) atoms. The second kappa shape index (κ2) is 6.67. The topological polar surface area (TPSA) is 43.7 Å². The average molecular weight is 323 g/mol. The third-order valence-electron chi connectivity index (χ3n) is 5.71. The van der Waals surface area contributed by atoms with Gasteiger partial charge < -0.3 is 10.2 Å². The van der Waals surface area contributed by atoms with Gasteiger partial charge in [0.25, 0.3) is 0 Å². The smallest absolute Gasteiger partial charge is 0.0720 e. The summed E-state index contributed by atoms with van der Waals surface area (Å²) in [5, 5.41) is 20.4. The van der Waals surface area contributed by atoms with Crippen LogP contribution < -0.4 is 0 Å². The van der Waals surface area contributed by atoms with Gasteiger partial charge in [-0.1, -0.05) is 54.6 Å². The number of nitrogens with zero attached hydrogens (tertiary/aromatic N) is 1. The fourth-order valence-electron chi connectivity index (χ4n) is 4.30. The SMILES string of the molecule is O[C@@H]1CC[C@@H]2C[C@H]1[C@@H](O)CN2Cc1ccc(-c2ccccc2)cc1. The van der Waals surface area contributed by atoms with Crippen molar-refractivity contribution in [3.8, 4) is 11.1 Å². The summed E-state index contributed by atoms with van der Waals surface area (Å²) in [6, 6.07) is 19.7. The van der Waals surface area contributed by atoms with Gasteiger partial charge in [-0.15, -0.1) is 0 Å². The van der Waals surface area contributed by atoms with Gasteiger partial charge in [0, 0.05) is 25.0 Å². The first kappa shape index (κ1) is 15.8. The van der Waals surface area contributed by atoms with E-state index in [1.165, 1.54) is 16.7 Å². The Morgan fingerprint density at radius 1 is 0.833 bits per heavy atom. The van der Waals surface area contributed by atoms with Crippen LogP contribution in [0.25, 0.3) is 11.1 Å². The average Bonchev–Trinajstić information content (AvgIpc) is 2.62. The zero-order valence-electron chi connectivity index (χ0n) is 13.9. The van der Waals surface area contributed by atoms with E-state index in [0.717, 1.165) is 25.8 Å². The number of fused-ring (bicyclic) bond motifs is 2. The van der Waals surface area contributed by atoms with Crippen molar-refractivity contribution in [2.75, 3.05) is 6.54 Å². The van der Waals surface area contributed by atoms with Gasteiger partial charge in [0.15, 0.2) is 0 Å². The van der Waals surface area contributed by atoms with Crippen LogP contribution in [0.4, 0.5) is 0 Å². The normalized spacial score (nSPS) is 30.2. The summed E-state index contributed by atoms with van der Waals surface area (Å²) in [4.78, 5) is 2.39. The van der Waals surface area contributed by atoms with Crippen LogP contribution in [0.5, 0.6) is 0 Å². The predicted octanol–water partition coefficient (Wildman–Crippen LogP) is 3.06. The van der Waals surface area contributed by atoms with Crippen LogP contribution in [-0.2, 0) is 6.54 Å². The van der Waals surface area contributed by atoms with Gasteiger partial charge >= 0.3 is 0 Å². The lowest BCUT2D eigenvalue weighted by molar-refractivity contribution is -0.0918. The van der Waals surface area contributed by atoms with E-state index in [-0.39, 0.29) is 12.0 Å². The molecule has 0 spiro atoms. The van der Waals surface area contributed by atoms with Crippen LogP contribution in [0.2, 0.25) is 0 Å². The van der Waals surface area contributed by atoms with Gasteiger partial charge in [-0.25, -0.2) is 0 Å². The van der Waals surface area contributed by atoms with E-state index in [1.54, 1.807) is 0 Å². The zero-order valence-corrected chi connectivity index (χ0v) is 13.9. The molecule has 2 aromatic carbocycles. The number of rotatable bonds is 3. The number of aliphatic hydroxyl groups excluding tert-OH is 2. The van der Waals surface area contributed by atoms with Crippen molar-refractivity contribution in [3.63, 3.8) is 0 Å². The lowest BCUT2D eigenvalue weighted by atomic mass is 9.76. The molecule has 1 saturated heterocycles. The molecule has 1 saturated carbocycles. The van der Waals surface area contributed by atoms with Crippen molar-refractivity contribution in [2.45, 2.75) is 44.1 Å². The number of hydrogen-bond acceptors (Lipinski definition) is 3. The van der Waals surface area contributed by atoms with E-state index in [9.17, 15) is 10.2 Å². The Morgan fingerprint density at radius 3 is 2.29 bits per heavy atom. The maximum absolute atomic E-state index is 10.3. The minimum absolute atomic E-state index is 0.0699. The number of likely N-dealkylation sites (tertiary alicyclic amines) is 1. The number of piperidine rings is 1. The fraction of sp³-hybridized carbons (Fsp3) is 0.429. The number of hydrogen-bond donors (Lipinski definition) is 2. The molecule has 2 aromatic rings. The summed E-state index contributed by atoms with van der Waals surface area (Å²) in [7, 11) is 0. The van der Waals surface area contributed by atoms with Gasteiger partial charge in [0.05, 0.1) is 12.2 Å². The first-order valence-electron chi connectivity index (χ1n) is 8.95. The molecule has 2 N–H and O–H groups in total. The third kappa shape index (κ3) is 3.12. The Hall–Kier alpha value is -1.68. The molecule has 2 fully saturated rings. The molecule has 3 nitrogen and oxygen atoms in total. The van der Waals surface area contributed by atoms with E-state index in [1.807, 2.05) is 6.07 Å². The Balaban J connectivity index is 1.46. The number of benzene rings is 2. The summed E-state index contributed by atoms with van der Waals surface area (Å²) in [6.45, 7) is 1.55. The molecular formula is C21H25NO2. The van der Waals surface area contributed by atoms with Gasteiger partial charge in [-0.05, 0) is 36.0 Å². The van der Waals surface area contributed by atoms with Gasteiger partial charge in [0.1, 0.15) is 0 Å². The summed E-state index contributed by atoms with van der Waals surface area (Å²) >= 11 is 0. The Labute approximate surface area is 143 Å². The van der Waals surface area contributed by atoms with E-state index in [4.69, 9.17) is 0 Å². The van der Waals surface area contributed by atoms with Crippen molar-refractivity contribution in [1.29, 1.82) is 0 Å². The fourth-order valence-corrected chi connectivity index (χ4v) is 4.30. The molecular weight excluding hydrogens is 298 g/mol. The van der Waals surface area contributed by atoms with E-state index in [2.05, 4.69) is 53.4 Å². The maximum atomic E-state index is 10.3. The minimum atomic E-state index is -0.403. The quantitative estimate of drug-likeness (QED) is 0.912. The van der Waals surface area contributed by atoms with E-state index < -0.39 is 6.10 Å². The van der Waals surface area contributed by atoms with Crippen LogP contribution in [0.1, 0.15) is 24.8 Å². The Morgan fingerprint density at radius 2 is 1.54 bits per heavy atom. The lowest BCUT2D eigenvalue weighted by Gasteiger charge is -2.47. The second-order valence-electron chi connectivity index (χ2n) is 7.26. The zero-order chi connectivity index (χ0) is 16.5. The summed E-state index contributed by atoms with van der Waals surface area (Å²) in [5.41, 5.74) is 3.76. The van der Waals surface area contributed by atoms with Crippen LogP contribution >= 0.6 is 0 Å². The van der Waals surface area contributed by atoms with Gasteiger partial charge in [-0.3, -0.25) is 4.90 Å². The van der Waals surface area contributed by atoms with Crippen molar-refractivity contribution < 1.29 is 10.2 Å². The van der Waals surface area contributed by atoms with Crippen molar-refractivity contribution in [2.24, 2.45) is 5.92 Å². The third-order valence-corrected chi connectivity index (χ3v) is 5.71. The molecule has 4 rings (SSSR count). The molecule has 0 unspecified atom stereocenters. The highest BCUT2D eigenvalue weighted by atomic mass is 16.3. The van der Waals surface area contributed by atoms with Gasteiger partial charge in [-0.2, -0.15) is 0 Å². The molecule has 1 heterocycles. The first-order valence-corrected chi connectivity index (χ1v) is 8.95. The Kier molecular flexibility index (Phi) is 4.40. The highest BCUT2D eigenvalue weighted by molar-refractivity contribution is 5.63. The van der Waals surface area contributed by atoms with Crippen LogP contribution in [-0.4, -0.2) is 39.9 Å². The van der Waals surface area contributed by atoms with E-state index >= 15 is 0 Å². The van der Waals surface area contributed by atoms with Gasteiger partial charge in [0.2, 0.25) is 0 Å². The molecule has 1 aliphatic heterocycles. The molecule has 3 heteroatoms. The minimum Gasteiger partial charge on any atom is -0.393 e. The van der Waals surface area contributed by atoms with Crippen molar-refractivity contribution >= 4 is 0 Å². The second-order valence-corrected chi connectivity index (χ2v) is 7.26. The van der Waals surface area contributed by atoms with Crippen molar-refractivity contribution in [1.82, 2.24) is 4.90 Å². The molecule has 0 aromatic heterocycles. The van der Waals surface area contributed by atoms with Crippen LogP contribution in [0.3, 0.4) is 0 Å². The molecule has 126 valence electrons. The summed E-state index contributed by atoms with van der Waals surface area (Å²) in [5.74, 6) is 0.0699. The monoisotopic (exact) mass is 323 g/mol. The molecule has 0 amide bonds. The molecule has 2 aliphatic rings.